The quantitative estimate of drug-likeness (QED) is 0.371. The smallest absolute Gasteiger partial charge is 0.229 e. The number of pyridine rings is 1. The molecule has 0 bridgehead atoms. The number of aliphatic hydroxyl groups is 1. The van der Waals surface area contributed by atoms with E-state index >= 15 is 0 Å². The van der Waals surface area contributed by atoms with Crippen LogP contribution in [0.3, 0.4) is 0 Å². The number of anilines is 3. The number of rotatable bonds is 6. The molecule has 0 unspecified atom stereocenters. The Morgan fingerprint density at radius 3 is 2.49 bits per heavy atom. The minimum Gasteiger partial charge on any atom is -0.384 e. The predicted molar refractivity (Wildman–Crippen MR) is 151 cm³/mol. The van der Waals surface area contributed by atoms with E-state index in [1.54, 1.807) is 13.8 Å². The summed E-state index contributed by atoms with van der Waals surface area (Å²) in [6.07, 6.45) is 4.15. The fourth-order valence-corrected chi connectivity index (χ4v) is 6.10. The van der Waals surface area contributed by atoms with Crippen LogP contribution in [0.25, 0.3) is 16.9 Å². The molecule has 1 saturated heterocycles. The molecule has 6 rings (SSSR count). The van der Waals surface area contributed by atoms with E-state index in [1.165, 1.54) is 5.69 Å². The Labute approximate surface area is 217 Å². The molecule has 3 aromatic heterocycles. The monoisotopic (exact) mass is 516 g/mol. The van der Waals surface area contributed by atoms with Gasteiger partial charge in [0.05, 0.1) is 5.69 Å². The van der Waals surface area contributed by atoms with Crippen molar-refractivity contribution < 1.29 is 9.32 Å². The van der Waals surface area contributed by atoms with Crippen LogP contribution in [-0.4, -0.2) is 59.3 Å². The van der Waals surface area contributed by atoms with E-state index in [4.69, 9.17) is 9.97 Å². The molecule has 0 atom stereocenters. The van der Waals surface area contributed by atoms with Crippen LogP contribution >= 0.6 is 0 Å². The zero-order chi connectivity index (χ0) is 25.8. The second-order valence-electron chi connectivity index (χ2n) is 10.6. The van der Waals surface area contributed by atoms with Gasteiger partial charge in [0.2, 0.25) is 5.95 Å². The highest BCUT2D eigenvalue weighted by atomic mass is 32.2. The minimum absolute atomic E-state index is 0.484. The van der Waals surface area contributed by atoms with Crippen molar-refractivity contribution in [3.05, 3.63) is 66.1 Å². The third kappa shape index (κ3) is 4.93. The van der Waals surface area contributed by atoms with Crippen LogP contribution < -0.4 is 10.2 Å². The number of nitrogens with zero attached hydrogens (tertiary/aromatic N) is 5. The summed E-state index contributed by atoms with van der Waals surface area (Å²) in [5.74, 6) is 6.87. The molecule has 192 valence electrons. The first kappa shape index (κ1) is 23.9. The van der Waals surface area contributed by atoms with E-state index in [2.05, 4.69) is 43.8 Å². The molecule has 0 spiro atoms. The normalized spacial score (nSPS) is 17.8. The molecule has 2 aliphatic rings. The lowest BCUT2D eigenvalue weighted by molar-refractivity contribution is 0.0738. The Kier molecular flexibility index (Phi) is 5.72. The van der Waals surface area contributed by atoms with E-state index in [-0.39, 0.29) is 0 Å². The van der Waals surface area contributed by atoms with E-state index in [0.29, 0.717) is 29.1 Å². The van der Waals surface area contributed by atoms with Gasteiger partial charge in [-0.15, -0.1) is 0 Å². The first-order valence-electron chi connectivity index (χ1n) is 12.7. The number of benzene rings is 1. The summed E-state index contributed by atoms with van der Waals surface area (Å²) >= 11 is 0. The molecule has 2 fully saturated rings. The molecule has 4 aromatic rings. The van der Waals surface area contributed by atoms with Crippen molar-refractivity contribution >= 4 is 43.7 Å². The van der Waals surface area contributed by atoms with Crippen molar-refractivity contribution in [3.63, 3.8) is 0 Å². The van der Waals surface area contributed by atoms with E-state index < -0.39 is 15.1 Å². The van der Waals surface area contributed by atoms with E-state index in [1.807, 2.05) is 36.5 Å². The fourth-order valence-electron chi connectivity index (χ4n) is 4.79. The SMILES string of the molecule is C=S1(=O)CCN(c2ccc(Nc3ncc4cc(C5CC5)n(-c5cccc(C(C)(C)O)n5)c4n3)cc2)CC1. The first-order chi connectivity index (χ1) is 17.7. The van der Waals surface area contributed by atoms with Gasteiger partial charge in [0.15, 0.2) is 5.65 Å². The second kappa shape index (κ2) is 8.85. The Balaban J connectivity index is 1.30. The Bertz CT molecular complexity index is 1550. The van der Waals surface area contributed by atoms with Crippen molar-refractivity contribution in [2.75, 3.05) is 34.8 Å². The summed E-state index contributed by atoms with van der Waals surface area (Å²) in [5.41, 5.74) is 3.56. The lowest BCUT2D eigenvalue weighted by atomic mass is 10.1. The van der Waals surface area contributed by atoms with Gasteiger partial charge >= 0.3 is 0 Å². The van der Waals surface area contributed by atoms with Crippen molar-refractivity contribution in [3.8, 4) is 5.82 Å². The third-order valence-electron chi connectivity index (χ3n) is 7.11. The molecule has 2 N–H and O–H groups in total. The van der Waals surface area contributed by atoms with Gasteiger partial charge in [-0.2, -0.15) is 4.98 Å². The van der Waals surface area contributed by atoms with Gasteiger partial charge in [0.1, 0.15) is 11.4 Å². The lowest BCUT2D eigenvalue weighted by Crippen LogP contribution is -2.40. The molecular formula is C28H32N6O2S. The van der Waals surface area contributed by atoms with Gasteiger partial charge in [-0.05, 0) is 90.5 Å². The van der Waals surface area contributed by atoms with E-state index in [9.17, 15) is 9.32 Å². The molecule has 8 nitrogen and oxygen atoms in total. The summed E-state index contributed by atoms with van der Waals surface area (Å²) < 4.78 is 14.3. The van der Waals surface area contributed by atoms with E-state index in [0.717, 1.165) is 54.2 Å². The van der Waals surface area contributed by atoms with Gasteiger partial charge in [-0.25, -0.2) is 9.97 Å². The molecule has 37 heavy (non-hydrogen) atoms. The molecule has 1 aliphatic carbocycles. The van der Waals surface area contributed by atoms with Crippen molar-refractivity contribution in [2.45, 2.75) is 38.2 Å². The largest absolute Gasteiger partial charge is 0.384 e. The van der Waals surface area contributed by atoms with Crippen LogP contribution in [0.2, 0.25) is 0 Å². The average molecular weight is 517 g/mol. The first-order valence-corrected chi connectivity index (χ1v) is 14.8. The van der Waals surface area contributed by atoms with Gasteiger partial charge in [-0.3, -0.25) is 8.78 Å². The third-order valence-corrected chi connectivity index (χ3v) is 8.96. The van der Waals surface area contributed by atoms with Gasteiger partial charge in [0, 0.05) is 53.2 Å². The van der Waals surface area contributed by atoms with Gasteiger partial charge in [-0.1, -0.05) is 6.07 Å². The van der Waals surface area contributed by atoms with Crippen LogP contribution in [-0.2, 0) is 15.1 Å². The molecule has 4 heterocycles. The van der Waals surface area contributed by atoms with Crippen molar-refractivity contribution in [1.82, 2.24) is 19.5 Å². The molecular weight excluding hydrogens is 484 g/mol. The molecule has 1 aliphatic heterocycles. The zero-order valence-corrected chi connectivity index (χ0v) is 22.0. The van der Waals surface area contributed by atoms with Gasteiger partial charge in [0.25, 0.3) is 0 Å². The number of hydrogen-bond donors (Lipinski definition) is 2. The van der Waals surface area contributed by atoms with Crippen LogP contribution in [0.1, 0.15) is 44.0 Å². The molecule has 0 radical (unpaired) electrons. The predicted octanol–water partition coefficient (Wildman–Crippen LogP) is 4.20. The van der Waals surface area contributed by atoms with Crippen molar-refractivity contribution in [2.24, 2.45) is 0 Å². The maximum absolute atomic E-state index is 12.2. The van der Waals surface area contributed by atoms with Crippen LogP contribution in [0.4, 0.5) is 17.3 Å². The summed E-state index contributed by atoms with van der Waals surface area (Å²) in [4.78, 5) is 16.5. The lowest BCUT2D eigenvalue weighted by Gasteiger charge is -2.30. The summed E-state index contributed by atoms with van der Waals surface area (Å²) in [5, 5.41) is 14.8. The number of aromatic nitrogens is 4. The minimum atomic E-state index is -1.91. The molecule has 0 amide bonds. The number of fused-ring (bicyclic) bond motifs is 1. The van der Waals surface area contributed by atoms with Crippen LogP contribution in [0.5, 0.6) is 0 Å². The summed E-state index contributed by atoms with van der Waals surface area (Å²) in [7, 11) is -1.91. The molecule has 9 heteroatoms. The Hall–Kier alpha value is -3.43. The number of nitrogens with one attached hydrogen (secondary N) is 1. The highest BCUT2D eigenvalue weighted by molar-refractivity contribution is 8.00. The second-order valence-corrected chi connectivity index (χ2v) is 13.4. The Morgan fingerprint density at radius 2 is 1.81 bits per heavy atom. The molecule has 1 saturated carbocycles. The van der Waals surface area contributed by atoms with Crippen LogP contribution in [0.15, 0.2) is 54.7 Å². The topological polar surface area (TPSA) is 96.2 Å². The fraction of sp³-hybridized carbons (Fsp3) is 0.357. The maximum Gasteiger partial charge on any atom is 0.229 e. The highest BCUT2D eigenvalue weighted by Crippen LogP contribution is 2.43. The van der Waals surface area contributed by atoms with Crippen molar-refractivity contribution in [1.29, 1.82) is 0 Å². The summed E-state index contributed by atoms with van der Waals surface area (Å²) in [6.45, 7) is 5.01. The summed E-state index contributed by atoms with van der Waals surface area (Å²) in [6, 6.07) is 16.1. The van der Waals surface area contributed by atoms with Gasteiger partial charge < -0.3 is 15.3 Å². The van der Waals surface area contributed by atoms with Crippen LogP contribution in [0, 0.1) is 0 Å². The number of hydrogen-bond acceptors (Lipinski definition) is 7. The average Bonchev–Trinajstić information content (AvgIpc) is 3.64. The Morgan fingerprint density at radius 1 is 1.08 bits per heavy atom. The highest BCUT2D eigenvalue weighted by Gasteiger charge is 2.30. The zero-order valence-electron chi connectivity index (χ0n) is 21.2. The standard InChI is InChI=1S/C28H32N6O2S/c1-28(2,35)24-5-4-6-25(31-24)34-23(19-7-8-19)17-20-18-29-27(32-26(20)34)30-21-9-11-22(12-10-21)33-13-15-37(3,36)16-14-33/h4-6,9-12,17-19,35H,3,7-8,13-16H2,1-2H3,(H,29,30,32). The maximum atomic E-state index is 12.2. The molecule has 1 aromatic carbocycles.